The molecule has 2 atom stereocenters. The van der Waals surface area contributed by atoms with E-state index in [1.807, 2.05) is 35.2 Å². The molecule has 0 spiro atoms. The van der Waals surface area contributed by atoms with Crippen molar-refractivity contribution in [3.05, 3.63) is 35.9 Å². The van der Waals surface area contributed by atoms with Crippen LogP contribution in [0.25, 0.3) is 0 Å². The van der Waals surface area contributed by atoms with Crippen LogP contribution in [0.2, 0.25) is 0 Å². The molecule has 0 bridgehead atoms. The second-order valence-corrected chi connectivity index (χ2v) is 7.84. The van der Waals surface area contributed by atoms with Gasteiger partial charge in [0.25, 0.3) is 0 Å². The van der Waals surface area contributed by atoms with Crippen LogP contribution in [-0.4, -0.2) is 60.9 Å². The Balaban J connectivity index is 1.63. The number of amides is 2. The van der Waals surface area contributed by atoms with Gasteiger partial charge in [-0.15, -0.1) is 0 Å². The number of hydrogen-bond acceptors (Lipinski definition) is 3. The number of benzene rings is 1. The number of carbonyl (C=O) groups excluding carboxylic acids is 2. The summed E-state index contributed by atoms with van der Waals surface area (Å²) in [5.41, 5.74) is 1.10. The molecule has 2 fully saturated rings. The van der Waals surface area contributed by atoms with Crippen molar-refractivity contribution in [2.45, 2.75) is 51.0 Å². The Bertz CT molecular complexity index is 620. The molecule has 1 aliphatic carbocycles. The van der Waals surface area contributed by atoms with Crippen molar-refractivity contribution < 1.29 is 9.59 Å². The van der Waals surface area contributed by atoms with Crippen molar-refractivity contribution >= 4 is 11.8 Å². The highest BCUT2D eigenvalue weighted by Gasteiger charge is 2.37. The van der Waals surface area contributed by atoms with Crippen LogP contribution in [0.3, 0.4) is 0 Å². The van der Waals surface area contributed by atoms with Gasteiger partial charge in [0.2, 0.25) is 11.8 Å². The van der Waals surface area contributed by atoms with Crippen LogP contribution < -0.4 is 5.32 Å². The summed E-state index contributed by atoms with van der Waals surface area (Å²) in [4.78, 5) is 29.9. The van der Waals surface area contributed by atoms with Crippen LogP contribution in [0.4, 0.5) is 0 Å². The number of carbonyl (C=O) groups is 2. The minimum Gasteiger partial charge on any atom is -0.358 e. The topological polar surface area (TPSA) is 52.7 Å². The van der Waals surface area contributed by atoms with E-state index in [2.05, 4.69) is 17.1 Å². The van der Waals surface area contributed by atoms with Gasteiger partial charge in [-0.1, -0.05) is 50.1 Å². The Kier molecular flexibility index (Phi) is 6.89. The van der Waals surface area contributed by atoms with Crippen molar-refractivity contribution in [2.24, 2.45) is 5.92 Å². The first-order valence-corrected chi connectivity index (χ1v) is 10.4. The highest BCUT2D eigenvalue weighted by Crippen LogP contribution is 2.31. The lowest BCUT2D eigenvalue weighted by atomic mass is 9.93. The van der Waals surface area contributed by atoms with E-state index in [0.717, 1.165) is 37.9 Å². The zero-order chi connectivity index (χ0) is 19.2. The normalized spacial score (nSPS) is 21.0. The molecule has 3 rings (SSSR count). The molecule has 148 valence electrons. The molecule has 0 radical (unpaired) electrons. The first-order valence-electron chi connectivity index (χ1n) is 10.4. The van der Waals surface area contributed by atoms with Gasteiger partial charge in [0.1, 0.15) is 0 Å². The quantitative estimate of drug-likeness (QED) is 0.836. The lowest BCUT2D eigenvalue weighted by molar-refractivity contribution is -0.136. The smallest absolute Gasteiger partial charge is 0.237 e. The predicted molar refractivity (Wildman–Crippen MR) is 107 cm³/mol. The van der Waals surface area contributed by atoms with Crippen LogP contribution in [0.5, 0.6) is 0 Å². The monoisotopic (exact) mass is 371 g/mol. The van der Waals surface area contributed by atoms with Gasteiger partial charge in [-0.3, -0.25) is 14.5 Å². The Morgan fingerprint density at radius 3 is 2.26 bits per heavy atom. The van der Waals surface area contributed by atoms with Gasteiger partial charge in [0.15, 0.2) is 0 Å². The Labute approximate surface area is 163 Å². The van der Waals surface area contributed by atoms with E-state index in [1.165, 1.54) is 12.8 Å². The van der Waals surface area contributed by atoms with Gasteiger partial charge in [-0.05, 0) is 30.7 Å². The second kappa shape index (κ2) is 9.36. The molecule has 27 heavy (non-hydrogen) atoms. The lowest BCUT2D eigenvalue weighted by Gasteiger charge is -2.41. The molecule has 5 heteroatoms. The average molecular weight is 372 g/mol. The zero-order valence-corrected chi connectivity index (χ0v) is 16.7. The van der Waals surface area contributed by atoms with Crippen LogP contribution in [0, 0.1) is 5.92 Å². The van der Waals surface area contributed by atoms with Crippen molar-refractivity contribution in [1.29, 1.82) is 0 Å². The van der Waals surface area contributed by atoms with Crippen molar-refractivity contribution in [2.75, 3.05) is 33.2 Å². The summed E-state index contributed by atoms with van der Waals surface area (Å²) in [7, 11) is 1.73. The zero-order valence-electron chi connectivity index (χ0n) is 16.7. The van der Waals surface area contributed by atoms with Gasteiger partial charge in [-0.2, -0.15) is 0 Å². The van der Waals surface area contributed by atoms with Gasteiger partial charge >= 0.3 is 0 Å². The Hall–Kier alpha value is -1.88. The summed E-state index contributed by atoms with van der Waals surface area (Å²) in [5, 5.41) is 2.86. The van der Waals surface area contributed by atoms with Gasteiger partial charge in [0, 0.05) is 33.2 Å². The molecular formula is C22H33N3O2. The molecule has 1 aromatic rings. The minimum atomic E-state index is -0.0673. The molecule has 1 heterocycles. The summed E-state index contributed by atoms with van der Waals surface area (Å²) in [6, 6.07) is 10.0. The van der Waals surface area contributed by atoms with Crippen LogP contribution in [-0.2, 0) is 9.59 Å². The first kappa shape index (κ1) is 19.9. The van der Waals surface area contributed by atoms with E-state index in [0.29, 0.717) is 19.0 Å². The fourth-order valence-corrected chi connectivity index (χ4v) is 4.78. The average Bonchev–Trinajstić information content (AvgIpc) is 3.24. The molecule has 1 aromatic carbocycles. The number of likely N-dealkylation sites (N-methyl/N-ethyl adjacent to an activating group) is 1. The molecule has 5 nitrogen and oxygen atoms in total. The highest BCUT2D eigenvalue weighted by molar-refractivity contribution is 5.84. The molecule has 0 aromatic heterocycles. The van der Waals surface area contributed by atoms with E-state index in [9.17, 15) is 9.59 Å². The molecule has 2 amide bonds. The summed E-state index contributed by atoms with van der Waals surface area (Å²) in [5.74, 6) is 0.750. The molecule has 1 aliphatic heterocycles. The molecule has 1 saturated carbocycles. The maximum absolute atomic E-state index is 13.1. The summed E-state index contributed by atoms with van der Waals surface area (Å²) >= 11 is 0. The Morgan fingerprint density at radius 2 is 1.70 bits per heavy atom. The number of hydrogen-bond donors (Lipinski definition) is 1. The third-order valence-corrected chi connectivity index (χ3v) is 6.29. The third kappa shape index (κ3) is 4.52. The highest BCUT2D eigenvalue weighted by atomic mass is 16.2. The van der Waals surface area contributed by atoms with E-state index in [1.54, 1.807) is 7.05 Å². The molecule has 1 saturated heterocycles. The fraction of sp³-hybridized carbons (Fsp3) is 0.636. The Morgan fingerprint density at radius 1 is 1.07 bits per heavy atom. The standard InChI is InChI=1S/C22H33N3O2/c1-3-19(17-9-5-4-6-10-17)22(27)25-15-13-24(14-16-25)20(21(26)23-2)18-11-7-8-12-18/h4-6,9-10,18-20H,3,7-8,11-16H2,1-2H3,(H,23,26)/t19-,20+/m0/s1. The van der Waals surface area contributed by atoms with E-state index in [4.69, 9.17) is 0 Å². The molecule has 0 unspecified atom stereocenters. The maximum atomic E-state index is 13.1. The van der Waals surface area contributed by atoms with Crippen LogP contribution >= 0.6 is 0 Å². The van der Waals surface area contributed by atoms with Crippen molar-refractivity contribution in [3.63, 3.8) is 0 Å². The molecule has 2 aliphatic rings. The van der Waals surface area contributed by atoms with Gasteiger partial charge < -0.3 is 10.2 Å². The van der Waals surface area contributed by atoms with Gasteiger partial charge in [0.05, 0.1) is 12.0 Å². The van der Waals surface area contributed by atoms with Crippen LogP contribution in [0.1, 0.15) is 50.5 Å². The molecule has 1 N–H and O–H groups in total. The number of nitrogens with zero attached hydrogens (tertiary/aromatic N) is 2. The van der Waals surface area contributed by atoms with Crippen LogP contribution in [0.15, 0.2) is 30.3 Å². The van der Waals surface area contributed by atoms with E-state index >= 15 is 0 Å². The summed E-state index contributed by atoms with van der Waals surface area (Å²) in [6.45, 7) is 5.06. The molecular weight excluding hydrogens is 338 g/mol. The number of nitrogens with one attached hydrogen (secondary N) is 1. The van der Waals surface area contributed by atoms with Crippen molar-refractivity contribution in [1.82, 2.24) is 15.1 Å². The maximum Gasteiger partial charge on any atom is 0.237 e. The first-order chi connectivity index (χ1) is 13.2. The van der Waals surface area contributed by atoms with E-state index in [-0.39, 0.29) is 23.8 Å². The minimum absolute atomic E-state index is 0.0363. The second-order valence-electron chi connectivity index (χ2n) is 7.84. The summed E-state index contributed by atoms with van der Waals surface area (Å²) in [6.07, 6.45) is 5.55. The third-order valence-electron chi connectivity index (χ3n) is 6.29. The van der Waals surface area contributed by atoms with Crippen molar-refractivity contribution in [3.8, 4) is 0 Å². The number of piperazine rings is 1. The SMILES string of the molecule is CC[C@H](C(=O)N1CCN([C@@H](C(=O)NC)C2CCCC2)CC1)c1ccccc1. The predicted octanol–water partition coefficient (Wildman–Crippen LogP) is 2.63. The van der Waals surface area contributed by atoms with E-state index < -0.39 is 0 Å². The lowest BCUT2D eigenvalue weighted by Crippen LogP contribution is -2.58. The largest absolute Gasteiger partial charge is 0.358 e. The summed E-state index contributed by atoms with van der Waals surface area (Å²) < 4.78 is 0. The number of rotatable bonds is 6. The fourth-order valence-electron chi connectivity index (χ4n) is 4.78. The van der Waals surface area contributed by atoms with Gasteiger partial charge in [-0.25, -0.2) is 0 Å².